The SMILES string of the molecule is CCC(Nc1ncc(F)cn1)C1CCCCC1. The molecule has 2 rings (SSSR count). The molecule has 1 atom stereocenters. The lowest BCUT2D eigenvalue weighted by atomic mass is 9.83. The van der Waals surface area contributed by atoms with Crippen molar-refractivity contribution in [2.75, 3.05) is 5.32 Å². The Morgan fingerprint density at radius 3 is 2.53 bits per heavy atom. The van der Waals surface area contributed by atoms with E-state index in [4.69, 9.17) is 0 Å². The Morgan fingerprint density at radius 1 is 1.29 bits per heavy atom. The number of halogens is 1. The zero-order chi connectivity index (χ0) is 12.1. The molecule has 0 bridgehead atoms. The van der Waals surface area contributed by atoms with E-state index in [1.54, 1.807) is 0 Å². The highest BCUT2D eigenvalue weighted by atomic mass is 19.1. The second kappa shape index (κ2) is 5.94. The maximum absolute atomic E-state index is 12.7. The molecule has 3 nitrogen and oxygen atoms in total. The maximum atomic E-state index is 12.7. The lowest BCUT2D eigenvalue weighted by Gasteiger charge is -2.30. The van der Waals surface area contributed by atoms with Crippen molar-refractivity contribution in [3.05, 3.63) is 18.2 Å². The Labute approximate surface area is 102 Å². The van der Waals surface area contributed by atoms with Crippen LogP contribution in [0.4, 0.5) is 10.3 Å². The van der Waals surface area contributed by atoms with Crippen molar-refractivity contribution in [3.63, 3.8) is 0 Å². The van der Waals surface area contributed by atoms with Gasteiger partial charge in [-0.15, -0.1) is 0 Å². The van der Waals surface area contributed by atoms with Crippen molar-refractivity contribution in [2.45, 2.75) is 51.5 Å². The zero-order valence-corrected chi connectivity index (χ0v) is 10.3. The highest BCUT2D eigenvalue weighted by Crippen LogP contribution is 2.28. The van der Waals surface area contributed by atoms with Crippen molar-refractivity contribution < 1.29 is 4.39 Å². The van der Waals surface area contributed by atoms with Crippen LogP contribution in [0.2, 0.25) is 0 Å². The fourth-order valence-corrected chi connectivity index (χ4v) is 2.64. The molecule has 1 aliphatic rings. The van der Waals surface area contributed by atoms with Crippen LogP contribution in [-0.4, -0.2) is 16.0 Å². The minimum absolute atomic E-state index is 0.388. The molecule has 1 heterocycles. The monoisotopic (exact) mass is 237 g/mol. The topological polar surface area (TPSA) is 37.8 Å². The van der Waals surface area contributed by atoms with Crippen LogP contribution in [-0.2, 0) is 0 Å². The minimum Gasteiger partial charge on any atom is -0.351 e. The molecular weight excluding hydrogens is 217 g/mol. The van der Waals surface area contributed by atoms with E-state index in [1.807, 2.05) is 0 Å². The first kappa shape index (κ1) is 12.3. The summed E-state index contributed by atoms with van der Waals surface area (Å²) in [5.74, 6) is 0.868. The standard InChI is InChI=1S/C13H20FN3/c1-2-12(10-6-4-3-5-7-10)17-13-15-8-11(14)9-16-13/h8-10,12H,2-7H2,1H3,(H,15,16,17). The van der Waals surface area contributed by atoms with E-state index in [0.29, 0.717) is 17.9 Å². The molecule has 0 radical (unpaired) electrons. The summed E-state index contributed by atoms with van der Waals surface area (Å²) in [6, 6.07) is 0.417. The van der Waals surface area contributed by atoms with Gasteiger partial charge < -0.3 is 5.32 Å². The number of rotatable bonds is 4. The third-order valence-electron chi connectivity index (χ3n) is 3.59. The van der Waals surface area contributed by atoms with Gasteiger partial charge >= 0.3 is 0 Å². The van der Waals surface area contributed by atoms with Crippen molar-refractivity contribution in [3.8, 4) is 0 Å². The molecule has 0 aromatic carbocycles. The lowest BCUT2D eigenvalue weighted by Crippen LogP contribution is -2.30. The van der Waals surface area contributed by atoms with Gasteiger partial charge in [0.15, 0.2) is 5.82 Å². The predicted molar refractivity (Wildman–Crippen MR) is 66.3 cm³/mol. The first-order valence-electron chi connectivity index (χ1n) is 6.53. The van der Waals surface area contributed by atoms with Crippen molar-refractivity contribution in [1.82, 2.24) is 9.97 Å². The summed E-state index contributed by atoms with van der Waals surface area (Å²) >= 11 is 0. The molecule has 17 heavy (non-hydrogen) atoms. The number of aromatic nitrogens is 2. The highest BCUT2D eigenvalue weighted by molar-refractivity contribution is 5.24. The summed E-state index contributed by atoms with van der Waals surface area (Å²) in [5, 5.41) is 3.34. The molecule has 0 spiro atoms. The van der Waals surface area contributed by atoms with E-state index in [9.17, 15) is 4.39 Å². The number of nitrogens with zero attached hydrogens (tertiary/aromatic N) is 2. The van der Waals surface area contributed by atoms with Crippen LogP contribution in [0.3, 0.4) is 0 Å². The molecule has 1 saturated carbocycles. The largest absolute Gasteiger partial charge is 0.351 e. The van der Waals surface area contributed by atoms with E-state index in [2.05, 4.69) is 22.2 Å². The van der Waals surface area contributed by atoms with Gasteiger partial charge in [-0.05, 0) is 25.2 Å². The van der Waals surface area contributed by atoms with Gasteiger partial charge in [0.05, 0.1) is 12.4 Å². The van der Waals surface area contributed by atoms with Gasteiger partial charge in [-0.1, -0.05) is 26.2 Å². The second-order valence-corrected chi connectivity index (χ2v) is 4.78. The average Bonchev–Trinajstić information content (AvgIpc) is 2.39. The van der Waals surface area contributed by atoms with E-state index in [1.165, 1.54) is 44.5 Å². The molecule has 1 aliphatic carbocycles. The average molecular weight is 237 g/mol. The first-order valence-corrected chi connectivity index (χ1v) is 6.53. The van der Waals surface area contributed by atoms with Crippen molar-refractivity contribution in [1.29, 1.82) is 0 Å². The van der Waals surface area contributed by atoms with Gasteiger partial charge in [-0.25, -0.2) is 14.4 Å². The van der Waals surface area contributed by atoms with Crippen LogP contribution in [0.1, 0.15) is 45.4 Å². The number of hydrogen-bond acceptors (Lipinski definition) is 3. The molecule has 1 N–H and O–H groups in total. The number of anilines is 1. The summed E-state index contributed by atoms with van der Waals surface area (Å²) in [5.41, 5.74) is 0. The highest BCUT2D eigenvalue weighted by Gasteiger charge is 2.22. The second-order valence-electron chi connectivity index (χ2n) is 4.78. The molecule has 1 aromatic heterocycles. The van der Waals surface area contributed by atoms with Gasteiger partial charge in [0.1, 0.15) is 0 Å². The Hall–Kier alpha value is -1.19. The number of nitrogens with one attached hydrogen (secondary N) is 1. The summed E-state index contributed by atoms with van der Waals surface area (Å²) in [7, 11) is 0. The fourth-order valence-electron chi connectivity index (χ4n) is 2.64. The van der Waals surface area contributed by atoms with Gasteiger partial charge in [0, 0.05) is 6.04 Å². The third-order valence-corrected chi connectivity index (χ3v) is 3.59. The summed E-state index contributed by atoms with van der Waals surface area (Å²) in [6.07, 6.45) is 10.1. The van der Waals surface area contributed by atoms with Gasteiger partial charge in [-0.2, -0.15) is 0 Å². The Kier molecular flexibility index (Phi) is 4.29. The third kappa shape index (κ3) is 3.38. The Balaban J connectivity index is 1.96. The van der Waals surface area contributed by atoms with Gasteiger partial charge in [0.25, 0.3) is 0 Å². The van der Waals surface area contributed by atoms with Crippen molar-refractivity contribution in [2.24, 2.45) is 5.92 Å². The fraction of sp³-hybridized carbons (Fsp3) is 0.692. The quantitative estimate of drug-likeness (QED) is 0.872. The normalized spacial score (nSPS) is 18.9. The van der Waals surface area contributed by atoms with Crippen molar-refractivity contribution >= 4 is 5.95 Å². The maximum Gasteiger partial charge on any atom is 0.223 e. The zero-order valence-electron chi connectivity index (χ0n) is 10.3. The van der Waals surface area contributed by atoms with E-state index in [0.717, 1.165) is 6.42 Å². The molecule has 0 amide bonds. The molecular formula is C13H20FN3. The van der Waals surface area contributed by atoms with Gasteiger partial charge in [0.2, 0.25) is 5.95 Å². The molecule has 94 valence electrons. The minimum atomic E-state index is -0.388. The van der Waals surface area contributed by atoms with Crippen LogP contribution in [0.5, 0.6) is 0 Å². The van der Waals surface area contributed by atoms with Crippen LogP contribution in [0, 0.1) is 11.7 Å². The summed E-state index contributed by atoms with van der Waals surface area (Å²) in [6.45, 7) is 2.18. The summed E-state index contributed by atoms with van der Waals surface area (Å²) < 4.78 is 12.7. The van der Waals surface area contributed by atoms with E-state index in [-0.39, 0.29) is 5.82 Å². The Morgan fingerprint density at radius 2 is 1.94 bits per heavy atom. The van der Waals surface area contributed by atoms with E-state index < -0.39 is 0 Å². The Bertz CT molecular complexity index is 333. The van der Waals surface area contributed by atoms with Crippen LogP contribution >= 0.6 is 0 Å². The molecule has 1 unspecified atom stereocenters. The molecule has 4 heteroatoms. The van der Waals surface area contributed by atoms with Crippen LogP contribution < -0.4 is 5.32 Å². The number of hydrogen-bond donors (Lipinski definition) is 1. The molecule has 1 aromatic rings. The van der Waals surface area contributed by atoms with E-state index >= 15 is 0 Å². The predicted octanol–water partition coefficient (Wildman–Crippen LogP) is 3.39. The smallest absolute Gasteiger partial charge is 0.223 e. The first-order chi connectivity index (χ1) is 8.29. The molecule has 0 aliphatic heterocycles. The lowest BCUT2D eigenvalue weighted by molar-refractivity contribution is 0.312. The summed E-state index contributed by atoms with van der Waals surface area (Å²) in [4.78, 5) is 7.93. The molecule has 0 saturated heterocycles. The van der Waals surface area contributed by atoms with Crippen LogP contribution in [0.25, 0.3) is 0 Å². The molecule has 1 fully saturated rings. The van der Waals surface area contributed by atoms with Crippen LogP contribution in [0.15, 0.2) is 12.4 Å². The van der Waals surface area contributed by atoms with Gasteiger partial charge in [-0.3, -0.25) is 0 Å².